The highest BCUT2D eigenvalue weighted by molar-refractivity contribution is 9.10. The maximum absolute atomic E-state index is 13.2. The van der Waals surface area contributed by atoms with Crippen molar-refractivity contribution in [1.29, 1.82) is 0 Å². The van der Waals surface area contributed by atoms with Gasteiger partial charge in [0.1, 0.15) is 5.82 Å². The fourth-order valence-corrected chi connectivity index (χ4v) is 1.76. The Bertz CT molecular complexity index is 382. The molecule has 0 fully saturated rings. The van der Waals surface area contributed by atoms with Crippen LogP contribution in [0.1, 0.15) is 39.0 Å². The van der Waals surface area contributed by atoms with E-state index in [0.717, 1.165) is 25.7 Å². The Morgan fingerprint density at radius 1 is 1.35 bits per heavy atom. The Labute approximate surface area is 110 Å². The molecule has 0 aliphatic rings. The van der Waals surface area contributed by atoms with Crippen molar-refractivity contribution < 1.29 is 9.18 Å². The molecule has 1 rings (SSSR count). The molecule has 0 saturated carbocycles. The first kappa shape index (κ1) is 14.2. The number of nitrogens with one attached hydrogen (secondary N) is 1. The number of rotatable bonds is 6. The van der Waals surface area contributed by atoms with Crippen molar-refractivity contribution in [2.45, 2.75) is 39.0 Å². The summed E-state index contributed by atoms with van der Waals surface area (Å²) < 4.78 is 13.6. The minimum Gasteiger partial charge on any atom is -0.326 e. The summed E-state index contributed by atoms with van der Waals surface area (Å²) in [6.07, 6.45) is 4.76. The molecule has 0 aromatic heterocycles. The third-order valence-corrected chi connectivity index (χ3v) is 3.10. The lowest BCUT2D eigenvalue weighted by atomic mass is 10.1. The first-order chi connectivity index (χ1) is 8.13. The fourth-order valence-electron chi connectivity index (χ4n) is 1.51. The van der Waals surface area contributed by atoms with Crippen LogP contribution in [0.3, 0.4) is 0 Å². The highest BCUT2D eigenvalue weighted by Gasteiger charge is 2.04. The van der Waals surface area contributed by atoms with E-state index in [4.69, 9.17) is 0 Å². The molecule has 0 unspecified atom stereocenters. The minimum absolute atomic E-state index is 0.0529. The molecule has 1 aromatic carbocycles. The van der Waals surface area contributed by atoms with Gasteiger partial charge < -0.3 is 5.32 Å². The lowest BCUT2D eigenvalue weighted by Gasteiger charge is -2.05. The smallest absolute Gasteiger partial charge is 0.224 e. The molecule has 2 nitrogen and oxygen atoms in total. The second-order valence-electron chi connectivity index (χ2n) is 3.99. The number of amides is 1. The standard InChI is InChI=1S/C13H17BrFNO/c1-2-3-4-5-6-13(17)16-10-7-8-11(14)12(15)9-10/h7-9H,2-6H2,1H3,(H,16,17). The summed E-state index contributed by atoms with van der Waals surface area (Å²) in [4.78, 5) is 11.5. The number of hydrogen-bond donors (Lipinski definition) is 1. The molecule has 0 atom stereocenters. The van der Waals surface area contributed by atoms with E-state index in [1.165, 1.54) is 6.07 Å². The number of hydrogen-bond acceptors (Lipinski definition) is 1. The normalized spacial score (nSPS) is 10.3. The lowest BCUT2D eigenvalue weighted by molar-refractivity contribution is -0.116. The molecular formula is C13H17BrFNO. The zero-order valence-electron chi connectivity index (χ0n) is 9.93. The number of halogens is 2. The van der Waals surface area contributed by atoms with Crippen molar-refractivity contribution in [3.8, 4) is 0 Å². The number of benzene rings is 1. The molecule has 0 bridgehead atoms. The van der Waals surface area contributed by atoms with Gasteiger partial charge in [-0.25, -0.2) is 4.39 Å². The second kappa shape index (κ2) is 7.43. The number of carbonyl (C=O) groups excluding carboxylic acids is 1. The predicted octanol–water partition coefficient (Wildman–Crippen LogP) is 4.50. The molecule has 1 aromatic rings. The van der Waals surface area contributed by atoms with Crippen molar-refractivity contribution >= 4 is 27.5 Å². The van der Waals surface area contributed by atoms with Gasteiger partial charge in [0.25, 0.3) is 0 Å². The summed E-state index contributed by atoms with van der Waals surface area (Å²) in [5, 5.41) is 2.69. The van der Waals surface area contributed by atoms with E-state index in [2.05, 4.69) is 28.2 Å². The average molecular weight is 302 g/mol. The minimum atomic E-state index is -0.367. The molecule has 17 heavy (non-hydrogen) atoms. The highest BCUT2D eigenvalue weighted by atomic mass is 79.9. The van der Waals surface area contributed by atoms with Crippen LogP contribution in [0.15, 0.2) is 22.7 Å². The monoisotopic (exact) mass is 301 g/mol. The SMILES string of the molecule is CCCCCCC(=O)Nc1ccc(Br)c(F)c1. The lowest BCUT2D eigenvalue weighted by Crippen LogP contribution is -2.11. The molecule has 0 saturated heterocycles. The Morgan fingerprint density at radius 2 is 2.12 bits per heavy atom. The van der Waals surface area contributed by atoms with Crippen LogP contribution < -0.4 is 5.32 Å². The van der Waals surface area contributed by atoms with Gasteiger partial charge in [0, 0.05) is 12.1 Å². The van der Waals surface area contributed by atoms with Gasteiger partial charge in [-0.1, -0.05) is 26.2 Å². The molecule has 94 valence electrons. The van der Waals surface area contributed by atoms with E-state index < -0.39 is 0 Å². The van der Waals surface area contributed by atoms with Crippen LogP contribution in [0.25, 0.3) is 0 Å². The maximum atomic E-state index is 13.2. The zero-order chi connectivity index (χ0) is 12.7. The maximum Gasteiger partial charge on any atom is 0.224 e. The van der Waals surface area contributed by atoms with Gasteiger partial charge in [-0.15, -0.1) is 0 Å². The van der Waals surface area contributed by atoms with Crippen molar-refractivity contribution in [2.75, 3.05) is 5.32 Å². The molecule has 0 radical (unpaired) electrons. The third kappa shape index (κ3) is 5.31. The van der Waals surface area contributed by atoms with Gasteiger partial charge in [-0.05, 0) is 40.5 Å². The van der Waals surface area contributed by atoms with Crippen LogP contribution in [0.5, 0.6) is 0 Å². The summed E-state index contributed by atoms with van der Waals surface area (Å²) >= 11 is 3.07. The van der Waals surface area contributed by atoms with Crippen LogP contribution >= 0.6 is 15.9 Å². The first-order valence-corrected chi connectivity index (χ1v) is 6.67. The largest absolute Gasteiger partial charge is 0.326 e. The number of unbranched alkanes of at least 4 members (excludes halogenated alkanes) is 3. The Hall–Kier alpha value is -0.900. The van der Waals surface area contributed by atoms with Crippen LogP contribution in [0.4, 0.5) is 10.1 Å². The van der Waals surface area contributed by atoms with E-state index >= 15 is 0 Å². The van der Waals surface area contributed by atoms with Gasteiger partial charge in [0.2, 0.25) is 5.91 Å². The van der Waals surface area contributed by atoms with E-state index in [1.54, 1.807) is 12.1 Å². The summed E-state index contributed by atoms with van der Waals surface area (Å²) in [6, 6.07) is 4.58. The van der Waals surface area contributed by atoms with Gasteiger partial charge in [0.05, 0.1) is 4.47 Å². The summed E-state index contributed by atoms with van der Waals surface area (Å²) in [5.74, 6) is -0.420. The topological polar surface area (TPSA) is 29.1 Å². The number of carbonyl (C=O) groups is 1. The van der Waals surface area contributed by atoms with E-state index in [0.29, 0.717) is 16.6 Å². The third-order valence-electron chi connectivity index (χ3n) is 2.46. The van der Waals surface area contributed by atoms with Gasteiger partial charge in [-0.2, -0.15) is 0 Å². The zero-order valence-corrected chi connectivity index (χ0v) is 11.5. The second-order valence-corrected chi connectivity index (χ2v) is 4.84. The van der Waals surface area contributed by atoms with Crippen LogP contribution in [0, 0.1) is 5.82 Å². The summed E-state index contributed by atoms with van der Waals surface area (Å²) in [7, 11) is 0. The summed E-state index contributed by atoms with van der Waals surface area (Å²) in [6.45, 7) is 2.13. The molecule has 4 heteroatoms. The van der Waals surface area contributed by atoms with Crippen LogP contribution in [-0.2, 0) is 4.79 Å². The molecular weight excluding hydrogens is 285 g/mol. The van der Waals surface area contributed by atoms with Crippen molar-refractivity contribution in [3.05, 3.63) is 28.5 Å². The quantitative estimate of drug-likeness (QED) is 0.770. The summed E-state index contributed by atoms with van der Waals surface area (Å²) in [5.41, 5.74) is 0.506. The molecule has 0 heterocycles. The molecule has 0 aliphatic carbocycles. The highest BCUT2D eigenvalue weighted by Crippen LogP contribution is 2.19. The first-order valence-electron chi connectivity index (χ1n) is 5.88. The van der Waals surface area contributed by atoms with Gasteiger partial charge in [-0.3, -0.25) is 4.79 Å². The van der Waals surface area contributed by atoms with Crippen LogP contribution in [0.2, 0.25) is 0 Å². The molecule has 0 spiro atoms. The molecule has 1 amide bonds. The average Bonchev–Trinajstić information content (AvgIpc) is 2.30. The fraction of sp³-hybridized carbons (Fsp3) is 0.462. The van der Waals surface area contributed by atoms with E-state index in [-0.39, 0.29) is 11.7 Å². The Morgan fingerprint density at radius 3 is 2.76 bits per heavy atom. The Balaban J connectivity index is 2.37. The van der Waals surface area contributed by atoms with Gasteiger partial charge in [0.15, 0.2) is 0 Å². The van der Waals surface area contributed by atoms with Crippen molar-refractivity contribution in [1.82, 2.24) is 0 Å². The number of anilines is 1. The molecule has 0 aliphatic heterocycles. The Kier molecular flexibility index (Phi) is 6.19. The van der Waals surface area contributed by atoms with Crippen molar-refractivity contribution in [2.24, 2.45) is 0 Å². The molecule has 1 N–H and O–H groups in total. The van der Waals surface area contributed by atoms with E-state index in [9.17, 15) is 9.18 Å². The van der Waals surface area contributed by atoms with Crippen LogP contribution in [-0.4, -0.2) is 5.91 Å². The predicted molar refractivity (Wildman–Crippen MR) is 71.5 cm³/mol. The van der Waals surface area contributed by atoms with Gasteiger partial charge >= 0.3 is 0 Å². The van der Waals surface area contributed by atoms with E-state index in [1.807, 2.05) is 0 Å². The van der Waals surface area contributed by atoms with Crippen molar-refractivity contribution in [3.63, 3.8) is 0 Å².